The topological polar surface area (TPSA) is 84.1 Å². The van der Waals surface area contributed by atoms with Crippen molar-refractivity contribution in [1.29, 1.82) is 0 Å². The SMILES string of the molecule is O=S(=O)(NC[C@@H]1CCCO[C@H]1c1ccn[nH]1)c1cc(F)ccc1F. The van der Waals surface area contributed by atoms with Gasteiger partial charge in [0.2, 0.25) is 10.0 Å². The van der Waals surface area contributed by atoms with Gasteiger partial charge in [0.25, 0.3) is 0 Å². The Bertz CT molecular complexity index is 796. The molecule has 0 saturated carbocycles. The third-order valence-corrected chi connectivity index (χ3v) is 5.43. The first-order valence-corrected chi connectivity index (χ1v) is 9.01. The van der Waals surface area contributed by atoms with Crippen LogP contribution < -0.4 is 4.72 Å². The first-order chi connectivity index (χ1) is 11.5. The minimum atomic E-state index is -4.15. The number of aromatic amines is 1. The molecule has 1 saturated heterocycles. The Labute approximate surface area is 138 Å². The van der Waals surface area contributed by atoms with E-state index in [1.165, 1.54) is 0 Å². The largest absolute Gasteiger partial charge is 0.372 e. The Kier molecular flexibility index (Phi) is 4.93. The highest BCUT2D eigenvalue weighted by molar-refractivity contribution is 7.89. The highest BCUT2D eigenvalue weighted by Gasteiger charge is 2.30. The van der Waals surface area contributed by atoms with Crippen molar-refractivity contribution in [2.45, 2.75) is 23.8 Å². The van der Waals surface area contributed by atoms with Gasteiger partial charge < -0.3 is 4.74 Å². The quantitative estimate of drug-likeness (QED) is 0.859. The molecule has 130 valence electrons. The second-order valence-electron chi connectivity index (χ2n) is 5.63. The van der Waals surface area contributed by atoms with Crippen LogP contribution in [0.4, 0.5) is 8.78 Å². The molecule has 1 fully saturated rings. The molecule has 0 spiro atoms. The van der Waals surface area contributed by atoms with Gasteiger partial charge in [-0.25, -0.2) is 21.9 Å². The smallest absolute Gasteiger partial charge is 0.243 e. The molecule has 0 radical (unpaired) electrons. The number of ether oxygens (including phenoxy) is 1. The van der Waals surface area contributed by atoms with E-state index in [0.29, 0.717) is 12.7 Å². The van der Waals surface area contributed by atoms with Crippen LogP contribution in [0.25, 0.3) is 0 Å². The van der Waals surface area contributed by atoms with Gasteiger partial charge in [0.1, 0.15) is 22.6 Å². The zero-order valence-corrected chi connectivity index (χ0v) is 13.5. The number of benzene rings is 1. The number of nitrogens with zero attached hydrogens (tertiary/aromatic N) is 1. The van der Waals surface area contributed by atoms with Crippen LogP contribution in [0.3, 0.4) is 0 Å². The molecule has 1 aromatic heterocycles. The van der Waals surface area contributed by atoms with Crippen molar-refractivity contribution in [2.75, 3.05) is 13.2 Å². The fourth-order valence-electron chi connectivity index (χ4n) is 2.80. The lowest BCUT2D eigenvalue weighted by molar-refractivity contribution is -0.0287. The van der Waals surface area contributed by atoms with Crippen LogP contribution in [-0.4, -0.2) is 31.8 Å². The molecule has 1 aliphatic heterocycles. The maximum atomic E-state index is 13.7. The highest BCUT2D eigenvalue weighted by Crippen LogP contribution is 2.32. The molecule has 24 heavy (non-hydrogen) atoms. The fraction of sp³-hybridized carbons (Fsp3) is 0.400. The minimum absolute atomic E-state index is 0.0575. The maximum Gasteiger partial charge on any atom is 0.243 e. The predicted molar refractivity (Wildman–Crippen MR) is 81.6 cm³/mol. The summed E-state index contributed by atoms with van der Waals surface area (Å²) < 4.78 is 59.5. The van der Waals surface area contributed by atoms with Gasteiger partial charge in [0, 0.05) is 25.3 Å². The number of halogens is 2. The zero-order valence-electron chi connectivity index (χ0n) is 12.7. The molecular weight excluding hydrogens is 340 g/mol. The summed E-state index contributed by atoms with van der Waals surface area (Å²) in [6.07, 6.45) is 2.82. The van der Waals surface area contributed by atoms with E-state index in [2.05, 4.69) is 14.9 Å². The monoisotopic (exact) mass is 357 g/mol. The Morgan fingerprint density at radius 3 is 2.92 bits per heavy atom. The summed E-state index contributed by atoms with van der Waals surface area (Å²) in [6, 6.07) is 4.10. The van der Waals surface area contributed by atoms with Crippen molar-refractivity contribution < 1.29 is 21.9 Å². The van der Waals surface area contributed by atoms with Gasteiger partial charge in [-0.2, -0.15) is 5.10 Å². The predicted octanol–water partition coefficient (Wildman–Crippen LogP) is 2.13. The molecule has 2 heterocycles. The summed E-state index contributed by atoms with van der Waals surface area (Å²) >= 11 is 0. The van der Waals surface area contributed by atoms with E-state index in [9.17, 15) is 17.2 Å². The molecular formula is C15H17F2N3O3S. The van der Waals surface area contributed by atoms with Crippen molar-refractivity contribution >= 4 is 10.0 Å². The van der Waals surface area contributed by atoms with Crippen LogP contribution >= 0.6 is 0 Å². The van der Waals surface area contributed by atoms with Gasteiger partial charge in [-0.15, -0.1) is 0 Å². The Balaban J connectivity index is 1.74. The molecule has 0 unspecified atom stereocenters. The standard InChI is InChI=1S/C15H17F2N3O3S/c16-11-3-4-12(17)14(8-11)24(21,22)19-9-10-2-1-7-23-15(10)13-5-6-18-20-13/h3-6,8,10,15,19H,1-2,7,9H2,(H,18,20)/t10-,15+/m0/s1. The van der Waals surface area contributed by atoms with Gasteiger partial charge >= 0.3 is 0 Å². The van der Waals surface area contributed by atoms with E-state index in [-0.39, 0.29) is 18.6 Å². The second-order valence-corrected chi connectivity index (χ2v) is 7.37. The number of rotatable bonds is 5. The Hall–Kier alpha value is -1.84. The third kappa shape index (κ3) is 3.63. The summed E-state index contributed by atoms with van der Waals surface area (Å²) in [5, 5.41) is 6.70. The van der Waals surface area contributed by atoms with Crippen LogP contribution in [-0.2, 0) is 14.8 Å². The van der Waals surface area contributed by atoms with Crippen molar-refractivity contribution in [2.24, 2.45) is 5.92 Å². The average molecular weight is 357 g/mol. The van der Waals surface area contributed by atoms with E-state index in [1.807, 2.05) is 0 Å². The second kappa shape index (κ2) is 6.96. The summed E-state index contributed by atoms with van der Waals surface area (Å²) in [7, 11) is -4.15. The zero-order chi connectivity index (χ0) is 17.2. The molecule has 6 nitrogen and oxygen atoms in total. The van der Waals surface area contributed by atoms with Crippen LogP contribution in [0.5, 0.6) is 0 Å². The number of H-pyrrole nitrogens is 1. The molecule has 0 bridgehead atoms. The lowest BCUT2D eigenvalue weighted by Crippen LogP contribution is -2.35. The average Bonchev–Trinajstić information content (AvgIpc) is 3.10. The number of nitrogens with one attached hydrogen (secondary N) is 2. The Morgan fingerprint density at radius 2 is 2.17 bits per heavy atom. The van der Waals surface area contributed by atoms with Gasteiger partial charge in [-0.05, 0) is 37.1 Å². The molecule has 1 aliphatic rings. The number of hydrogen-bond donors (Lipinski definition) is 2. The summed E-state index contributed by atoms with van der Waals surface area (Å²) in [5.41, 5.74) is 0.760. The summed E-state index contributed by atoms with van der Waals surface area (Å²) in [5.74, 6) is -1.94. The van der Waals surface area contributed by atoms with E-state index in [1.54, 1.807) is 12.3 Å². The lowest BCUT2D eigenvalue weighted by atomic mass is 9.92. The van der Waals surface area contributed by atoms with E-state index < -0.39 is 26.6 Å². The lowest BCUT2D eigenvalue weighted by Gasteiger charge is -2.31. The van der Waals surface area contributed by atoms with Crippen LogP contribution in [0, 0.1) is 17.6 Å². The van der Waals surface area contributed by atoms with E-state index >= 15 is 0 Å². The third-order valence-electron chi connectivity index (χ3n) is 3.99. The van der Waals surface area contributed by atoms with Gasteiger partial charge in [-0.3, -0.25) is 5.10 Å². The molecule has 3 rings (SSSR count). The molecule has 0 aliphatic carbocycles. The van der Waals surface area contributed by atoms with Gasteiger partial charge in [0.15, 0.2) is 0 Å². The van der Waals surface area contributed by atoms with Crippen molar-refractivity contribution in [3.8, 4) is 0 Å². The summed E-state index contributed by atoms with van der Waals surface area (Å²) in [6.45, 7) is 0.632. The van der Waals surface area contributed by atoms with Crippen LogP contribution in [0.1, 0.15) is 24.6 Å². The van der Waals surface area contributed by atoms with Crippen molar-refractivity contribution in [1.82, 2.24) is 14.9 Å². The molecule has 1 aromatic carbocycles. The van der Waals surface area contributed by atoms with Crippen molar-refractivity contribution in [3.05, 3.63) is 47.8 Å². The highest BCUT2D eigenvalue weighted by atomic mass is 32.2. The maximum absolute atomic E-state index is 13.7. The molecule has 9 heteroatoms. The molecule has 2 atom stereocenters. The van der Waals surface area contributed by atoms with Gasteiger partial charge in [-0.1, -0.05) is 0 Å². The van der Waals surface area contributed by atoms with Crippen molar-refractivity contribution in [3.63, 3.8) is 0 Å². The van der Waals surface area contributed by atoms with Gasteiger partial charge in [0.05, 0.1) is 5.69 Å². The number of hydrogen-bond acceptors (Lipinski definition) is 4. The summed E-state index contributed by atoms with van der Waals surface area (Å²) in [4.78, 5) is -0.697. The first-order valence-electron chi connectivity index (χ1n) is 7.53. The number of sulfonamides is 1. The first kappa shape index (κ1) is 17.0. The van der Waals surface area contributed by atoms with Crippen LogP contribution in [0.2, 0.25) is 0 Å². The van der Waals surface area contributed by atoms with E-state index in [4.69, 9.17) is 4.74 Å². The normalized spacial score (nSPS) is 21.8. The molecule has 0 amide bonds. The van der Waals surface area contributed by atoms with E-state index in [0.717, 1.165) is 30.7 Å². The number of aromatic nitrogens is 2. The Morgan fingerprint density at radius 1 is 1.33 bits per heavy atom. The fourth-order valence-corrected chi connectivity index (χ4v) is 3.98. The molecule has 2 aromatic rings. The van der Waals surface area contributed by atoms with Crippen LogP contribution in [0.15, 0.2) is 35.4 Å². The minimum Gasteiger partial charge on any atom is -0.372 e. The molecule has 2 N–H and O–H groups in total.